The van der Waals surface area contributed by atoms with Crippen molar-refractivity contribution in [2.75, 3.05) is 40.4 Å². The standard InChI is InChI=1S/C23H32N2O4/c1-27-21-6-3-5-18(22(21)28-2)13-24-11-4-9-23(16-24)10-12-25(17-23)14-19-7-8-20(15-26)29-19/h3,5-8,26H,4,9-17H2,1-2H3. The Labute approximate surface area is 173 Å². The van der Waals surface area contributed by atoms with Gasteiger partial charge in [-0.05, 0) is 56.0 Å². The molecule has 0 aliphatic carbocycles. The van der Waals surface area contributed by atoms with Gasteiger partial charge in [0.05, 0.1) is 20.8 Å². The molecule has 6 heteroatoms. The van der Waals surface area contributed by atoms with Crippen LogP contribution in [0.15, 0.2) is 34.7 Å². The number of methoxy groups -OCH3 is 2. The lowest BCUT2D eigenvalue weighted by molar-refractivity contribution is 0.0849. The second-order valence-electron chi connectivity index (χ2n) is 8.45. The topological polar surface area (TPSA) is 58.3 Å². The zero-order chi connectivity index (χ0) is 20.3. The van der Waals surface area contributed by atoms with Gasteiger partial charge in [0.15, 0.2) is 11.5 Å². The Morgan fingerprint density at radius 2 is 1.76 bits per heavy atom. The monoisotopic (exact) mass is 400 g/mol. The Hall–Kier alpha value is -2.02. The summed E-state index contributed by atoms with van der Waals surface area (Å²) in [4.78, 5) is 5.07. The molecular weight excluding hydrogens is 368 g/mol. The molecule has 158 valence electrons. The molecule has 1 unspecified atom stereocenters. The zero-order valence-corrected chi connectivity index (χ0v) is 17.5. The van der Waals surface area contributed by atoms with Crippen molar-refractivity contribution in [1.29, 1.82) is 0 Å². The Morgan fingerprint density at radius 1 is 0.966 bits per heavy atom. The molecule has 29 heavy (non-hydrogen) atoms. The van der Waals surface area contributed by atoms with Crippen LogP contribution in [0.1, 0.15) is 36.3 Å². The minimum absolute atomic E-state index is 0.0351. The molecule has 0 bridgehead atoms. The predicted octanol–water partition coefficient (Wildman–Crippen LogP) is 3.28. The van der Waals surface area contributed by atoms with E-state index in [9.17, 15) is 5.11 Å². The molecule has 0 radical (unpaired) electrons. The van der Waals surface area contributed by atoms with Gasteiger partial charge >= 0.3 is 0 Å². The van der Waals surface area contributed by atoms with Crippen LogP contribution in [0, 0.1) is 5.41 Å². The molecule has 2 saturated heterocycles. The molecule has 2 aliphatic heterocycles. The van der Waals surface area contributed by atoms with Gasteiger partial charge in [-0.25, -0.2) is 0 Å². The summed E-state index contributed by atoms with van der Waals surface area (Å²) in [6.07, 6.45) is 3.75. The van der Waals surface area contributed by atoms with Crippen molar-refractivity contribution < 1.29 is 19.0 Å². The molecular formula is C23H32N2O4. The molecule has 4 rings (SSSR count). The highest BCUT2D eigenvalue weighted by atomic mass is 16.5. The van der Waals surface area contributed by atoms with Crippen LogP contribution in [0.4, 0.5) is 0 Å². The van der Waals surface area contributed by atoms with Crippen molar-refractivity contribution in [2.45, 2.75) is 39.0 Å². The number of furan rings is 1. The minimum Gasteiger partial charge on any atom is -0.493 e. The van der Waals surface area contributed by atoms with Crippen LogP contribution in [0.3, 0.4) is 0 Å². The third-order valence-corrected chi connectivity index (χ3v) is 6.39. The molecule has 0 saturated carbocycles. The minimum atomic E-state index is -0.0351. The molecule has 1 N–H and O–H groups in total. The van der Waals surface area contributed by atoms with Crippen LogP contribution in [-0.2, 0) is 19.7 Å². The molecule has 2 fully saturated rings. The lowest BCUT2D eigenvalue weighted by Gasteiger charge is -2.40. The number of nitrogens with zero attached hydrogens (tertiary/aromatic N) is 2. The van der Waals surface area contributed by atoms with E-state index in [2.05, 4.69) is 15.9 Å². The summed E-state index contributed by atoms with van der Waals surface area (Å²) >= 11 is 0. The number of benzene rings is 1. The van der Waals surface area contributed by atoms with Crippen LogP contribution in [-0.4, -0.2) is 55.3 Å². The van der Waals surface area contributed by atoms with Crippen molar-refractivity contribution in [3.8, 4) is 11.5 Å². The van der Waals surface area contributed by atoms with Crippen LogP contribution >= 0.6 is 0 Å². The van der Waals surface area contributed by atoms with Gasteiger partial charge in [-0.2, -0.15) is 0 Å². The second-order valence-corrected chi connectivity index (χ2v) is 8.45. The maximum Gasteiger partial charge on any atom is 0.165 e. The summed E-state index contributed by atoms with van der Waals surface area (Å²) in [5.41, 5.74) is 1.54. The van der Waals surface area contributed by atoms with Gasteiger partial charge in [0.2, 0.25) is 0 Å². The third-order valence-electron chi connectivity index (χ3n) is 6.39. The van der Waals surface area contributed by atoms with E-state index < -0.39 is 0 Å². The first-order valence-electron chi connectivity index (χ1n) is 10.5. The molecule has 0 amide bonds. The van der Waals surface area contributed by atoms with E-state index in [4.69, 9.17) is 13.9 Å². The first-order chi connectivity index (χ1) is 14.1. The fraction of sp³-hybridized carbons (Fsp3) is 0.565. The number of likely N-dealkylation sites (tertiary alicyclic amines) is 2. The number of ether oxygens (including phenoxy) is 2. The molecule has 3 heterocycles. The van der Waals surface area contributed by atoms with Crippen molar-refractivity contribution in [3.05, 3.63) is 47.4 Å². The molecule has 2 aliphatic rings. The second kappa shape index (κ2) is 8.78. The number of aliphatic hydroxyl groups is 1. The summed E-state index contributed by atoms with van der Waals surface area (Å²) in [6, 6.07) is 9.98. The number of para-hydroxylation sites is 1. The van der Waals surface area contributed by atoms with Gasteiger partial charge in [-0.3, -0.25) is 9.80 Å². The van der Waals surface area contributed by atoms with E-state index in [-0.39, 0.29) is 6.61 Å². The van der Waals surface area contributed by atoms with Gasteiger partial charge in [0, 0.05) is 25.2 Å². The Balaban J connectivity index is 1.40. The van der Waals surface area contributed by atoms with E-state index in [0.717, 1.165) is 56.5 Å². The van der Waals surface area contributed by atoms with E-state index in [1.807, 2.05) is 24.3 Å². The van der Waals surface area contributed by atoms with Gasteiger partial charge in [-0.15, -0.1) is 0 Å². The van der Waals surface area contributed by atoms with Gasteiger partial charge in [0.1, 0.15) is 18.1 Å². The average molecular weight is 401 g/mol. The molecule has 1 atom stereocenters. The van der Waals surface area contributed by atoms with Crippen LogP contribution < -0.4 is 9.47 Å². The number of hydrogen-bond acceptors (Lipinski definition) is 6. The fourth-order valence-electron chi connectivity index (χ4n) is 5.07. The number of hydrogen-bond donors (Lipinski definition) is 1. The number of rotatable bonds is 7. The van der Waals surface area contributed by atoms with Crippen LogP contribution in [0.2, 0.25) is 0 Å². The summed E-state index contributed by atoms with van der Waals surface area (Å²) in [5, 5.41) is 9.20. The summed E-state index contributed by atoms with van der Waals surface area (Å²) < 4.78 is 16.8. The number of piperidine rings is 1. The predicted molar refractivity (Wildman–Crippen MR) is 111 cm³/mol. The first kappa shape index (κ1) is 20.3. The first-order valence-corrected chi connectivity index (χ1v) is 10.5. The molecule has 1 spiro atoms. The summed E-state index contributed by atoms with van der Waals surface area (Å²) in [6.45, 7) is 6.13. The number of aliphatic hydroxyl groups excluding tert-OH is 1. The normalized spacial score (nSPS) is 23.0. The Morgan fingerprint density at radius 3 is 2.48 bits per heavy atom. The summed E-state index contributed by atoms with van der Waals surface area (Å²) in [7, 11) is 3.40. The van der Waals surface area contributed by atoms with Crippen molar-refractivity contribution in [2.24, 2.45) is 5.41 Å². The van der Waals surface area contributed by atoms with Crippen molar-refractivity contribution in [3.63, 3.8) is 0 Å². The van der Waals surface area contributed by atoms with Gasteiger partial charge in [-0.1, -0.05) is 12.1 Å². The van der Waals surface area contributed by atoms with Gasteiger partial charge in [0.25, 0.3) is 0 Å². The highest BCUT2D eigenvalue weighted by Crippen LogP contribution is 2.41. The molecule has 6 nitrogen and oxygen atoms in total. The van der Waals surface area contributed by atoms with E-state index in [1.54, 1.807) is 14.2 Å². The smallest absolute Gasteiger partial charge is 0.165 e. The van der Waals surface area contributed by atoms with Gasteiger partial charge < -0.3 is 19.0 Å². The highest BCUT2D eigenvalue weighted by Gasteiger charge is 2.41. The van der Waals surface area contributed by atoms with Crippen molar-refractivity contribution in [1.82, 2.24) is 9.80 Å². The highest BCUT2D eigenvalue weighted by molar-refractivity contribution is 5.46. The maximum atomic E-state index is 9.20. The summed E-state index contributed by atoms with van der Waals surface area (Å²) in [5.74, 6) is 3.23. The van der Waals surface area contributed by atoms with E-state index >= 15 is 0 Å². The van der Waals surface area contributed by atoms with E-state index in [1.165, 1.54) is 24.8 Å². The lowest BCUT2D eigenvalue weighted by atomic mass is 9.79. The molecule has 1 aromatic carbocycles. The average Bonchev–Trinajstić information content (AvgIpc) is 3.35. The van der Waals surface area contributed by atoms with Crippen LogP contribution in [0.25, 0.3) is 0 Å². The van der Waals surface area contributed by atoms with E-state index in [0.29, 0.717) is 11.2 Å². The molecule has 1 aromatic heterocycles. The Kier molecular flexibility index (Phi) is 6.13. The lowest BCUT2D eigenvalue weighted by Crippen LogP contribution is -2.44. The zero-order valence-electron chi connectivity index (χ0n) is 17.5. The SMILES string of the molecule is COc1cccc(CN2CCCC3(CCN(Cc4ccc(CO)o4)C3)C2)c1OC. The quantitative estimate of drug-likeness (QED) is 0.770. The van der Waals surface area contributed by atoms with Crippen LogP contribution in [0.5, 0.6) is 11.5 Å². The fourth-order valence-corrected chi connectivity index (χ4v) is 5.07. The van der Waals surface area contributed by atoms with Crippen molar-refractivity contribution >= 4 is 0 Å². The Bertz CT molecular complexity index is 821. The third kappa shape index (κ3) is 4.44. The maximum absolute atomic E-state index is 9.20. The largest absolute Gasteiger partial charge is 0.493 e. The molecule has 2 aromatic rings.